The molecule has 3 aliphatic carbocycles. The lowest BCUT2D eigenvalue weighted by molar-refractivity contribution is -0.167. The van der Waals surface area contributed by atoms with Crippen molar-refractivity contribution in [2.45, 2.75) is 57.0 Å². The van der Waals surface area contributed by atoms with Gasteiger partial charge in [0.1, 0.15) is 5.78 Å². The fourth-order valence-corrected chi connectivity index (χ4v) is 4.24. The van der Waals surface area contributed by atoms with Gasteiger partial charge >= 0.3 is 0 Å². The molecule has 15 heavy (non-hydrogen) atoms. The van der Waals surface area contributed by atoms with E-state index in [2.05, 4.69) is 0 Å². The number of hydrogen-bond acceptors (Lipinski definition) is 2. The fraction of sp³-hybridized carbons (Fsp3) is 0.923. The Kier molecular flexibility index (Phi) is 2.17. The summed E-state index contributed by atoms with van der Waals surface area (Å²) in [7, 11) is 0. The molecule has 0 aromatic carbocycles. The molecule has 2 nitrogen and oxygen atoms in total. The molecule has 3 fully saturated rings. The molecular weight excluding hydrogens is 188 g/mol. The Morgan fingerprint density at radius 3 is 2.87 bits per heavy atom. The highest BCUT2D eigenvalue weighted by Crippen LogP contribution is 2.52. The molecule has 0 saturated heterocycles. The maximum atomic E-state index is 12.1. The van der Waals surface area contributed by atoms with E-state index in [0.29, 0.717) is 17.6 Å². The van der Waals surface area contributed by atoms with Crippen LogP contribution in [-0.4, -0.2) is 16.5 Å². The summed E-state index contributed by atoms with van der Waals surface area (Å²) in [6.07, 6.45) is 8.55. The van der Waals surface area contributed by atoms with Crippen molar-refractivity contribution in [1.29, 1.82) is 0 Å². The molecule has 2 heteroatoms. The zero-order chi connectivity index (χ0) is 10.5. The summed E-state index contributed by atoms with van der Waals surface area (Å²) in [4.78, 5) is 12.1. The van der Waals surface area contributed by atoms with Crippen LogP contribution in [0, 0.1) is 17.8 Å². The monoisotopic (exact) mass is 208 g/mol. The van der Waals surface area contributed by atoms with Crippen molar-refractivity contribution in [2.75, 3.05) is 0 Å². The Bertz CT molecular complexity index is 286. The van der Waals surface area contributed by atoms with Gasteiger partial charge in [0.05, 0.1) is 5.60 Å². The van der Waals surface area contributed by atoms with Crippen molar-refractivity contribution < 1.29 is 9.90 Å². The molecule has 4 atom stereocenters. The number of carbonyl (C=O) groups excluding carboxylic acids is 1. The SMILES string of the molecule is O=C1[C@H]2CCC[C@H]1[C@]1(O)CCCC[C@@H]1C2. The van der Waals surface area contributed by atoms with Crippen molar-refractivity contribution in [3.63, 3.8) is 0 Å². The van der Waals surface area contributed by atoms with E-state index in [1.807, 2.05) is 0 Å². The molecular formula is C13H20O2. The van der Waals surface area contributed by atoms with Gasteiger partial charge in [-0.2, -0.15) is 0 Å². The molecule has 0 unspecified atom stereocenters. The first-order valence-electron chi connectivity index (χ1n) is 6.48. The molecule has 0 spiro atoms. The third-order valence-corrected chi connectivity index (χ3v) is 5.05. The summed E-state index contributed by atoms with van der Waals surface area (Å²) in [6, 6.07) is 0. The number of aliphatic hydroxyl groups is 1. The van der Waals surface area contributed by atoms with Crippen LogP contribution in [0.15, 0.2) is 0 Å². The molecule has 0 amide bonds. The van der Waals surface area contributed by atoms with Gasteiger partial charge in [-0.15, -0.1) is 0 Å². The molecule has 3 aliphatic rings. The van der Waals surface area contributed by atoms with E-state index in [4.69, 9.17) is 0 Å². The predicted molar refractivity (Wildman–Crippen MR) is 57.4 cm³/mol. The minimum absolute atomic E-state index is 0.00435. The Morgan fingerprint density at radius 2 is 2.00 bits per heavy atom. The van der Waals surface area contributed by atoms with Gasteiger partial charge in [-0.25, -0.2) is 0 Å². The second kappa shape index (κ2) is 3.31. The standard InChI is InChI=1S/C13H20O2/c14-12-9-4-3-6-11(12)13(15)7-2-1-5-10(13)8-9/h9-11,15H,1-8H2/t9-,10+,11+,13-/m0/s1. The summed E-state index contributed by atoms with van der Waals surface area (Å²) in [5.74, 6) is 1.11. The van der Waals surface area contributed by atoms with Gasteiger partial charge in [-0.05, 0) is 38.0 Å². The van der Waals surface area contributed by atoms with Gasteiger partial charge in [0.25, 0.3) is 0 Å². The van der Waals surface area contributed by atoms with Crippen LogP contribution in [-0.2, 0) is 4.79 Å². The van der Waals surface area contributed by atoms with E-state index in [9.17, 15) is 9.90 Å². The maximum absolute atomic E-state index is 12.1. The lowest BCUT2D eigenvalue weighted by atomic mass is 9.55. The lowest BCUT2D eigenvalue weighted by Gasteiger charge is -2.52. The second-order valence-corrected chi connectivity index (χ2v) is 5.75. The van der Waals surface area contributed by atoms with E-state index in [-0.39, 0.29) is 5.92 Å². The quantitative estimate of drug-likeness (QED) is 0.663. The summed E-state index contributed by atoms with van der Waals surface area (Å²) in [5, 5.41) is 10.8. The zero-order valence-corrected chi connectivity index (χ0v) is 9.24. The van der Waals surface area contributed by atoms with Gasteiger partial charge in [-0.3, -0.25) is 4.79 Å². The van der Waals surface area contributed by atoms with Crippen LogP contribution < -0.4 is 0 Å². The Hall–Kier alpha value is -0.370. The highest BCUT2D eigenvalue weighted by atomic mass is 16.3. The first-order chi connectivity index (χ1) is 7.22. The van der Waals surface area contributed by atoms with Crippen LogP contribution in [0.25, 0.3) is 0 Å². The molecule has 3 saturated carbocycles. The number of Topliss-reactive ketones (excluding diaryl/α,β-unsaturated/α-hetero) is 1. The van der Waals surface area contributed by atoms with Crippen LogP contribution >= 0.6 is 0 Å². The number of ketones is 1. The van der Waals surface area contributed by atoms with E-state index in [1.165, 1.54) is 6.42 Å². The number of rotatable bonds is 0. The van der Waals surface area contributed by atoms with Crippen molar-refractivity contribution >= 4 is 5.78 Å². The average Bonchev–Trinajstić information content (AvgIpc) is 2.21. The average molecular weight is 208 g/mol. The minimum atomic E-state index is -0.605. The number of hydrogen-bond donors (Lipinski definition) is 1. The molecule has 3 rings (SSSR count). The van der Waals surface area contributed by atoms with Crippen LogP contribution in [0.4, 0.5) is 0 Å². The maximum Gasteiger partial charge on any atom is 0.141 e. The first kappa shape index (κ1) is 9.83. The fourth-order valence-electron chi connectivity index (χ4n) is 4.24. The van der Waals surface area contributed by atoms with Crippen LogP contribution in [0.3, 0.4) is 0 Å². The van der Waals surface area contributed by atoms with Crippen molar-refractivity contribution in [3.8, 4) is 0 Å². The third kappa shape index (κ3) is 1.30. The summed E-state index contributed by atoms with van der Waals surface area (Å²) in [5.41, 5.74) is -0.605. The highest BCUT2D eigenvalue weighted by molar-refractivity contribution is 5.86. The Morgan fingerprint density at radius 1 is 1.13 bits per heavy atom. The largest absolute Gasteiger partial charge is 0.389 e. The smallest absolute Gasteiger partial charge is 0.141 e. The predicted octanol–water partition coefficient (Wildman–Crippen LogP) is 2.30. The van der Waals surface area contributed by atoms with Gasteiger partial charge in [0, 0.05) is 11.8 Å². The van der Waals surface area contributed by atoms with Crippen LogP contribution in [0.2, 0.25) is 0 Å². The van der Waals surface area contributed by atoms with E-state index < -0.39 is 5.60 Å². The molecule has 0 aliphatic heterocycles. The normalized spacial score (nSPS) is 49.9. The minimum Gasteiger partial charge on any atom is -0.389 e. The Labute approximate surface area is 91.1 Å². The lowest BCUT2D eigenvalue weighted by Crippen LogP contribution is -2.57. The van der Waals surface area contributed by atoms with Crippen molar-refractivity contribution in [3.05, 3.63) is 0 Å². The van der Waals surface area contributed by atoms with Crippen LogP contribution in [0.1, 0.15) is 51.4 Å². The van der Waals surface area contributed by atoms with Crippen LogP contribution in [0.5, 0.6) is 0 Å². The summed E-state index contributed by atoms with van der Waals surface area (Å²) >= 11 is 0. The number of fused-ring (bicyclic) bond motifs is 4. The molecule has 84 valence electrons. The van der Waals surface area contributed by atoms with Gasteiger partial charge in [0.15, 0.2) is 0 Å². The molecule has 0 aromatic rings. The summed E-state index contributed by atoms with van der Waals surface area (Å²) in [6.45, 7) is 0. The Balaban J connectivity index is 1.94. The van der Waals surface area contributed by atoms with Gasteiger partial charge in [0.2, 0.25) is 0 Å². The number of carbonyl (C=O) groups is 1. The summed E-state index contributed by atoms with van der Waals surface area (Å²) < 4.78 is 0. The van der Waals surface area contributed by atoms with Crippen molar-refractivity contribution in [2.24, 2.45) is 17.8 Å². The van der Waals surface area contributed by atoms with E-state index in [1.54, 1.807) is 0 Å². The van der Waals surface area contributed by atoms with E-state index >= 15 is 0 Å². The third-order valence-electron chi connectivity index (χ3n) is 5.05. The second-order valence-electron chi connectivity index (χ2n) is 5.75. The molecule has 0 heterocycles. The first-order valence-corrected chi connectivity index (χ1v) is 6.48. The highest BCUT2D eigenvalue weighted by Gasteiger charge is 2.55. The molecule has 1 N–H and O–H groups in total. The molecule has 0 aromatic heterocycles. The van der Waals surface area contributed by atoms with E-state index in [0.717, 1.165) is 44.9 Å². The van der Waals surface area contributed by atoms with Crippen molar-refractivity contribution in [1.82, 2.24) is 0 Å². The zero-order valence-electron chi connectivity index (χ0n) is 9.24. The topological polar surface area (TPSA) is 37.3 Å². The molecule has 0 radical (unpaired) electrons. The van der Waals surface area contributed by atoms with Gasteiger partial charge < -0.3 is 5.11 Å². The van der Waals surface area contributed by atoms with Gasteiger partial charge in [-0.1, -0.05) is 19.3 Å². The molecule has 2 bridgehead atoms.